The average Bonchev–Trinajstić information content (AvgIpc) is 1.77. The molecule has 0 atom stereocenters. The number of benzene rings is 1. The van der Waals surface area contributed by atoms with Crippen LogP contribution in [0.5, 0.6) is 0 Å². The van der Waals surface area contributed by atoms with E-state index in [-0.39, 0.29) is 0 Å². The molecular formula is C6H7BrSn. The van der Waals surface area contributed by atoms with Crippen molar-refractivity contribution in [2.45, 2.75) is 0 Å². The zero-order chi connectivity index (χ0) is 5.98. The first-order valence-corrected chi connectivity index (χ1v) is 6.16. The quantitative estimate of drug-likeness (QED) is 0.604. The van der Waals surface area contributed by atoms with Crippen molar-refractivity contribution in [3.63, 3.8) is 0 Å². The minimum absolute atomic E-state index is 0.677. The minimum atomic E-state index is 0.677. The molecule has 1 aromatic carbocycles. The molecule has 0 nitrogen and oxygen atoms in total. The third kappa shape index (κ3) is 1.78. The van der Waals surface area contributed by atoms with Gasteiger partial charge in [-0.2, -0.15) is 0 Å². The van der Waals surface area contributed by atoms with Crippen molar-refractivity contribution in [3.05, 3.63) is 28.7 Å². The average molecular weight is 278 g/mol. The van der Waals surface area contributed by atoms with Crippen molar-refractivity contribution in [2.24, 2.45) is 0 Å². The van der Waals surface area contributed by atoms with Gasteiger partial charge in [-0.15, -0.1) is 0 Å². The van der Waals surface area contributed by atoms with Gasteiger partial charge in [-0.1, -0.05) is 0 Å². The van der Waals surface area contributed by atoms with Crippen LogP contribution in [-0.2, 0) is 0 Å². The Kier molecular flexibility index (Phi) is 2.38. The molecule has 0 bridgehead atoms. The van der Waals surface area contributed by atoms with Crippen molar-refractivity contribution >= 4 is 42.0 Å². The molecule has 0 unspecified atom stereocenters. The van der Waals surface area contributed by atoms with Crippen molar-refractivity contribution in [3.8, 4) is 0 Å². The number of hydrogen-bond acceptors (Lipinski definition) is 0. The SMILES string of the molecule is Brc1cc[c]([SnH3])cc1. The molecule has 2 heteroatoms. The molecule has 0 fully saturated rings. The van der Waals surface area contributed by atoms with E-state index in [1.54, 1.807) is 0 Å². The second kappa shape index (κ2) is 2.87. The second-order valence-corrected chi connectivity index (χ2v) is 6.01. The number of hydrogen-bond donors (Lipinski definition) is 0. The van der Waals surface area contributed by atoms with Gasteiger partial charge >= 0.3 is 70.8 Å². The molecule has 1 aromatic rings. The van der Waals surface area contributed by atoms with Crippen LogP contribution in [0.3, 0.4) is 0 Å². The Bertz CT molecular complexity index is 147. The topological polar surface area (TPSA) is 0 Å². The Morgan fingerprint density at radius 3 is 2.00 bits per heavy atom. The zero-order valence-corrected chi connectivity index (χ0v) is 12.0. The van der Waals surface area contributed by atoms with Gasteiger partial charge in [0.2, 0.25) is 0 Å². The van der Waals surface area contributed by atoms with Crippen molar-refractivity contribution in [1.29, 1.82) is 0 Å². The first-order chi connectivity index (χ1) is 3.79. The van der Waals surface area contributed by atoms with Crippen LogP contribution in [0.4, 0.5) is 0 Å². The van der Waals surface area contributed by atoms with Crippen LogP contribution >= 0.6 is 15.9 Å². The fourth-order valence-electron chi connectivity index (χ4n) is 0.533. The first kappa shape index (κ1) is 6.62. The molecule has 0 N–H and O–H groups in total. The molecule has 0 heterocycles. The van der Waals surface area contributed by atoms with Crippen LogP contribution in [0.15, 0.2) is 28.7 Å². The Labute approximate surface area is 70.5 Å². The van der Waals surface area contributed by atoms with E-state index in [4.69, 9.17) is 0 Å². The number of halogens is 1. The summed E-state index contributed by atoms with van der Waals surface area (Å²) in [5.41, 5.74) is 0. The van der Waals surface area contributed by atoms with Crippen LogP contribution in [-0.4, -0.2) is 22.5 Å². The van der Waals surface area contributed by atoms with Crippen LogP contribution in [0.25, 0.3) is 0 Å². The van der Waals surface area contributed by atoms with Crippen LogP contribution < -0.4 is 3.58 Å². The van der Waals surface area contributed by atoms with Gasteiger partial charge in [0.25, 0.3) is 0 Å². The maximum absolute atomic E-state index is 3.37. The normalized spacial score (nSPS) is 9.62. The molecule has 0 saturated heterocycles. The van der Waals surface area contributed by atoms with Gasteiger partial charge < -0.3 is 0 Å². The molecule has 0 radical (unpaired) electrons. The summed E-state index contributed by atoms with van der Waals surface area (Å²) in [6.45, 7) is 0. The summed E-state index contributed by atoms with van der Waals surface area (Å²) in [6, 6.07) is 8.51. The second-order valence-electron chi connectivity index (χ2n) is 1.80. The van der Waals surface area contributed by atoms with Crippen molar-refractivity contribution < 1.29 is 0 Å². The molecule has 1 rings (SSSR count). The maximum atomic E-state index is 3.37. The van der Waals surface area contributed by atoms with Gasteiger partial charge in [0.05, 0.1) is 0 Å². The van der Waals surface area contributed by atoms with Crippen LogP contribution in [0.1, 0.15) is 0 Å². The van der Waals surface area contributed by atoms with Gasteiger partial charge in [0.15, 0.2) is 0 Å². The van der Waals surface area contributed by atoms with E-state index in [1.807, 2.05) is 0 Å². The van der Waals surface area contributed by atoms with Crippen LogP contribution in [0, 0.1) is 0 Å². The van der Waals surface area contributed by atoms with Gasteiger partial charge in [-0.25, -0.2) is 0 Å². The standard InChI is InChI=1S/C6H4Br.Sn.3H/c7-6-4-2-1-3-5-6;;;;/h2-5H;;;;. The third-order valence-electron chi connectivity index (χ3n) is 1.01. The van der Waals surface area contributed by atoms with E-state index in [0.717, 1.165) is 0 Å². The molecule has 8 heavy (non-hydrogen) atoms. The molecule has 0 aliphatic rings. The summed E-state index contributed by atoms with van der Waals surface area (Å²) < 4.78 is 2.68. The Hall–Kier alpha value is 0.499. The van der Waals surface area contributed by atoms with Gasteiger partial charge in [-0.05, 0) is 0 Å². The molecule has 0 aliphatic carbocycles. The van der Waals surface area contributed by atoms with E-state index in [0.29, 0.717) is 22.5 Å². The number of rotatable bonds is 0. The summed E-state index contributed by atoms with van der Waals surface area (Å²) in [5, 5.41) is 0. The molecule has 0 aromatic heterocycles. The molecule has 0 amide bonds. The van der Waals surface area contributed by atoms with Crippen molar-refractivity contribution in [1.82, 2.24) is 0 Å². The molecule has 0 aliphatic heterocycles. The first-order valence-electron chi connectivity index (χ1n) is 2.51. The molecule has 0 saturated carbocycles. The fraction of sp³-hybridized carbons (Fsp3) is 0. The Balaban J connectivity index is 3.03. The van der Waals surface area contributed by atoms with E-state index in [1.165, 1.54) is 8.05 Å². The van der Waals surface area contributed by atoms with Crippen molar-refractivity contribution in [2.75, 3.05) is 0 Å². The summed E-state index contributed by atoms with van der Waals surface area (Å²) in [5.74, 6) is 0. The molecular weight excluding hydrogens is 271 g/mol. The van der Waals surface area contributed by atoms with Crippen LogP contribution in [0.2, 0.25) is 0 Å². The third-order valence-corrected chi connectivity index (χ3v) is 3.44. The van der Waals surface area contributed by atoms with Gasteiger partial charge in [0.1, 0.15) is 0 Å². The predicted octanol–water partition coefficient (Wildman–Crippen LogP) is 0.440. The fourth-order valence-corrected chi connectivity index (χ4v) is 1.75. The summed E-state index contributed by atoms with van der Waals surface area (Å²) in [6.07, 6.45) is 0. The zero-order valence-electron chi connectivity index (χ0n) is 4.69. The Morgan fingerprint density at radius 2 is 1.62 bits per heavy atom. The van der Waals surface area contributed by atoms with Gasteiger partial charge in [0, 0.05) is 0 Å². The summed E-state index contributed by atoms with van der Waals surface area (Å²) >= 11 is 4.05. The summed E-state index contributed by atoms with van der Waals surface area (Å²) in [7, 11) is 0. The van der Waals surface area contributed by atoms with E-state index < -0.39 is 0 Å². The van der Waals surface area contributed by atoms with Gasteiger partial charge in [-0.3, -0.25) is 0 Å². The van der Waals surface area contributed by atoms with E-state index >= 15 is 0 Å². The molecule has 0 spiro atoms. The van der Waals surface area contributed by atoms with E-state index in [9.17, 15) is 0 Å². The summed E-state index contributed by atoms with van der Waals surface area (Å²) in [4.78, 5) is 0. The Morgan fingerprint density at radius 1 is 1.12 bits per heavy atom. The predicted molar refractivity (Wildman–Crippen MR) is 43.7 cm³/mol. The van der Waals surface area contributed by atoms with E-state index in [2.05, 4.69) is 40.2 Å². The molecule has 42 valence electrons. The monoisotopic (exact) mass is 278 g/mol.